The zero-order valence-electron chi connectivity index (χ0n) is 15.9. The molecule has 5 heteroatoms. The van der Waals surface area contributed by atoms with E-state index >= 15 is 0 Å². The lowest BCUT2D eigenvalue weighted by atomic mass is 10.1. The van der Waals surface area contributed by atoms with Gasteiger partial charge in [0.05, 0.1) is 6.42 Å². The molecule has 0 aromatic heterocycles. The lowest BCUT2D eigenvalue weighted by Gasteiger charge is -2.22. The zero-order valence-corrected chi connectivity index (χ0v) is 16.6. The van der Waals surface area contributed by atoms with Crippen LogP contribution in [0.4, 0.5) is 0 Å². The van der Waals surface area contributed by atoms with Crippen molar-refractivity contribution in [1.29, 1.82) is 0 Å². The molecular formula is C22H25ClN2O2. The lowest BCUT2D eigenvalue weighted by Crippen LogP contribution is -2.38. The molecule has 0 spiro atoms. The van der Waals surface area contributed by atoms with Crippen LogP contribution in [-0.4, -0.2) is 47.8 Å². The maximum absolute atomic E-state index is 12.8. The highest BCUT2D eigenvalue weighted by Gasteiger charge is 2.23. The van der Waals surface area contributed by atoms with Crippen molar-refractivity contribution in [2.75, 3.05) is 26.2 Å². The average molecular weight is 385 g/mol. The summed E-state index contributed by atoms with van der Waals surface area (Å²) < 4.78 is 0. The van der Waals surface area contributed by atoms with Gasteiger partial charge in [-0.2, -0.15) is 0 Å². The number of halogens is 1. The molecule has 1 saturated heterocycles. The molecule has 1 aliphatic rings. The van der Waals surface area contributed by atoms with E-state index in [1.54, 1.807) is 12.1 Å². The molecule has 4 nitrogen and oxygen atoms in total. The van der Waals surface area contributed by atoms with Crippen molar-refractivity contribution in [3.8, 4) is 0 Å². The van der Waals surface area contributed by atoms with Crippen molar-refractivity contribution in [3.63, 3.8) is 0 Å². The van der Waals surface area contributed by atoms with Gasteiger partial charge in [0.2, 0.25) is 5.91 Å². The highest BCUT2D eigenvalue weighted by atomic mass is 35.5. The van der Waals surface area contributed by atoms with Crippen LogP contribution in [0.5, 0.6) is 0 Å². The zero-order chi connectivity index (χ0) is 19.4. The Balaban J connectivity index is 1.60. The van der Waals surface area contributed by atoms with Crippen LogP contribution in [0.2, 0.25) is 5.02 Å². The molecule has 142 valence electrons. The van der Waals surface area contributed by atoms with Crippen molar-refractivity contribution in [1.82, 2.24) is 9.80 Å². The van der Waals surface area contributed by atoms with Gasteiger partial charge >= 0.3 is 0 Å². The van der Waals surface area contributed by atoms with E-state index in [2.05, 4.69) is 0 Å². The first-order valence-corrected chi connectivity index (χ1v) is 9.70. The minimum atomic E-state index is 0.0464. The van der Waals surface area contributed by atoms with Crippen molar-refractivity contribution in [2.45, 2.75) is 26.7 Å². The van der Waals surface area contributed by atoms with E-state index < -0.39 is 0 Å². The maximum atomic E-state index is 12.8. The third-order valence-electron chi connectivity index (χ3n) is 5.16. The number of carbonyl (C=O) groups is 2. The predicted molar refractivity (Wildman–Crippen MR) is 108 cm³/mol. The fourth-order valence-corrected chi connectivity index (χ4v) is 3.44. The first-order valence-electron chi connectivity index (χ1n) is 9.33. The van der Waals surface area contributed by atoms with E-state index in [0.29, 0.717) is 37.6 Å². The van der Waals surface area contributed by atoms with Gasteiger partial charge in [0, 0.05) is 36.8 Å². The fraction of sp³-hybridized carbons (Fsp3) is 0.364. The van der Waals surface area contributed by atoms with Gasteiger partial charge in [0.15, 0.2) is 0 Å². The van der Waals surface area contributed by atoms with Crippen molar-refractivity contribution < 1.29 is 9.59 Å². The lowest BCUT2D eigenvalue weighted by molar-refractivity contribution is -0.130. The highest BCUT2D eigenvalue weighted by Crippen LogP contribution is 2.15. The summed E-state index contributed by atoms with van der Waals surface area (Å²) in [5.41, 5.74) is 3.98. The van der Waals surface area contributed by atoms with Crippen LogP contribution in [0.15, 0.2) is 42.5 Å². The molecule has 0 unspecified atom stereocenters. The van der Waals surface area contributed by atoms with Gasteiger partial charge in [-0.05, 0) is 61.2 Å². The normalized spacial score (nSPS) is 14.8. The molecule has 0 aliphatic carbocycles. The number of benzene rings is 2. The molecule has 0 saturated carbocycles. The third kappa shape index (κ3) is 4.89. The largest absolute Gasteiger partial charge is 0.341 e. The summed E-state index contributed by atoms with van der Waals surface area (Å²) in [6, 6.07) is 13.2. The summed E-state index contributed by atoms with van der Waals surface area (Å²) in [5.74, 6) is 0.142. The number of nitrogens with zero attached hydrogens (tertiary/aromatic N) is 2. The summed E-state index contributed by atoms with van der Waals surface area (Å²) in [4.78, 5) is 29.2. The van der Waals surface area contributed by atoms with E-state index in [9.17, 15) is 9.59 Å². The number of amides is 2. The predicted octanol–water partition coefficient (Wildman–Crippen LogP) is 3.87. The van der Waals surface area contributed by atoms with E-state index in [1.807, 2.05) is 54.0 Å². The summed E-state index contributed by atoms with van der Waals surface area (Å²) in [6.45, 7) is 6.56. The van der Waals surface area contributed by atoms with Gasteiger partial charge < -0.3 is 9.80 Å². The Kier molecular flexibility index (Phi) is 6.17. The maximum Gasteiger partial charge on any atom is 0.253 e. The Hall–Kier alpha value is -2.33. The first kappa shape index (κ1) is 19.4. The summed E-state index contributed by atoms with van der Waals surface area (Å²) in [5, 5.41) is 0.668. The number of hydrogen-bond donors (Lipinski definition) is 0. The number of rotatable bonds is 3. The second-order valence-corrected chi connectivity index (χ2v) is 7.57. The minimum Gasteiger partial charge on any atom is -0.341 e. The van der Waals surface area contributed by atoms with Crippen LogP contribution in [0.25, 0.3) is 0 Å². The molecule has 1 heterocycles. The molecule has 0 radical (unpaired) electrons. The Morgan fingerprint density at radius 3 is 2.26 bits per heavy atom. The van der Waals surface area contributed by atoms with E-state index in [0.717, 1.165) is 23.1 Å². The van der Waals surface area contributed by atoms with Crippen molar-refractivity contribution in [2.24, 2.45) is 0 Å². The third-order valence-corrected chi connectivity index (χ3v) is 5.41. The molecule has 2 aromatic carbocycles. The molecule has 1 aliphatic heterocycles. The van der Waals surface area contributed by atoms with Crippen molar-refractivity contribution in [3.05, 3.63) is 69.7 Å². The molecule has 3 rings (SSSR count). The molecular weight excluding hydrogens is 360 g/mol. The highest BCUT2D eigenvalue weighted by molar-refractivity contribution is 6.30. The van der Waals surface area contributed by atoms with Crippen LogP contribution in [-0.2, 0) is 11.2 Å². The second kappa shape index (κ2) is 8.57. The Labute approximate surface area is 165 Å². The van der Waals surface area contributed by atoms with E-state index in [-0.39, 0.29) is 11.8 Å². The van der Waals surface area contributed by atoms with Crippen LogP contribution in [0.1, 0.15) is 33.5 Å². The smallest absolute Gasteiger partial charge is 0.253 e. The second-order valence-electron chi connectivity index (χ2n) is 7.13. The monoisotopic (exact) mass is 384 g/mol. The topological polar surface area (TPSA) is 40.6 Å². The van der Waals surface area contributed by atoms with Crippen LogP contribution >= 0.6 is 11.6 Å². The van der Waals surface area contributed by atoms with E-state index in [1.165, 1.54) is 5.56 Å². The van der Waals surface area contributed by atoms with Gasteiger partial charge in [-0.15, -0.1) is 0 Å². The van der Waals surface area contributed by atoms with Gasteiger partial charge in [-0.25, -0.2) is 0 Å². The molecule has 1 fully saturated rings. The molecule has 0 N–H and O–H groups in total. The van der Waals surface area contributed by atoms with Gasteiger partial charge in [-0.3, -0.25) is 9.59 Å². The van der Waals surface area contributed by atoms with Gasteiger partial charge in [0.1, 0.15) is 0 Å². The number of carbonyl (C=O) groups excluding carboxylic acids is 2. The van der Waals surface area contributed by atoms with Gasteiger partial charge in [0.25, 0.3) is 5.91 Å². The summed E-state index contributed by atoms with van der Waals surface area (Å²) >= 11 is 5.90. The summed E-state index contributed by atoms with van der Waals surface area (Å²) in [7, 11) is 0. The first-order chi connectivity index (χ1) is 12.9. The van der Waals surface area contributed by atoms with Crippen molar-refractivity contribution >= 4 is 23.4 Å². The SMILES string of the molecule is Cc1ccc(C(=O)N2CCCN(C(=O)Cc3ccc(Cl)cc3)CC2)cc1C. The fourth-order valence-electron chi connectivity index (χ4n) is 3.32. The molecule has 0 atom stereocenters. The molecule has 2 amide bonds. The Morgan fingerprint density at radius 2 is 1.56 bits per heavy atom. The van der Waals surface area contributed by atoms with Crippen LogP contribution < -0.4 is 0 Å². The summed E-state index contributed by atoms with van der Waals surface area (Å²) in [6.07, 6.45) is 1.16. The number of hydrogen-bond acceptors (Lipinski definition) is 2. The Morgan fingerprint density at radius 1 is 0.889 bits per heavy atom. The molecule has 27 heavy (non-hydrogen) atoms. The van der Waals surface area contributed by atoms with E-state index in [4.69, 9.17) is 11.6 Å². The molecule has 2 aromatic rings. The Bertz CT molecular complexity index is 833. The standard InChI is InChI=1S/C22H25ClN2O2/c1-16-4-7-19(14-17(16)2)22(27)25-11-3-10-24(12-13-25)21(26)15-18-5-8-20(23)9-6-18/h4-9,14H,3,10-13,15H2,1-2H3. The quantitative estimate of drug-likeness (QED) is 0.805. The minimum absolute atomic E-state index is 0.0464. The molecule has 0 bridgehead atoms. The average Bonchev–Trinajstić information content (AvgIpc) is 2.91. The van der Waals surface area contributed by atoms with Crippen LogP contribution in [0, 0.1) is 13.8 Å². The van der Waals surface area contributed by atoms with Crippen LogP contribution in [0.3, 0.4) is 0 Å². The number of aryl methyl sites for hydroxylation is 2. The van der Waals surface area contributed by atoms with Gasteiger partial charge in [-0.1, -0.05) is 29.8 Å².